The predicted molar refractivity (Wildman–Crippen MR) is 85.8 cm³/mol. The third kappa shape index (κ3) is 3.50. The Morgan fingerprint density at radius 1 is 1.41 bits per heavy atom. The second-order valence-corrected chi connectivity index (χ2v) is 5.75. The van der Waals surface area contributed by atoms with Crippen molar-refractivity contribution in [2.45, 2.75) is 52.7 Å². The topological polar surface area (TPSA) is 64.7 Å². The van der Waals surface area contributed by atoms with Gasteiger partial charge in [-0.05, 0) is 27.2 Å². The van der Waals surface area contributed by atoms with Crippen molar-refractivity contribution in [2.24, 2.45) is 0 Å². The van der Waals surface area contributed by atoms with Crippen molar-refractivity contribution in [3.8, 4) is 0 Å². The Morgan fingerprint density at radius 3 is 2.64 bits per heavy atom. The number of rotatable bonds is 6. The van der Waals surface area contributed by atoms with Gasteiger partial charge in [0, 0.05) is 24.5 Å². The lowest BCUT2D eigenvalue weighted by atomic mass is 10.1. The molecule has 0 saturated heterocycles. The fraction of sp³-hybridized carbons (Fsp3) is 0.533. The molecule has 2 unspecified atom stereocenters. The molecule has 7 heteroatoms. The molecule has 0 aliphatic carbocycles. The van der Waals surface area contributed by atoms with Gasteiger partial charge < -0.3 is 5.32 Å². The number of carbonyl (C=O) groups excluding carboxylic acids is 1. The smallest absolute Gasteiger partial charge is 0.245 e. The molecule has 2 rings (SSSR count). The number of aromatic nitrogens is 4. The number of aryl methyl sites for hydroxylation is 2. The van der Waals surface area contributed by atoms with Crippen LogP contribution in [0, 0.1) is 6.92 Å². The zero-order valence-corrected chi connectivity index (χ0v) is 14.1. The van der Waals surface area contributed by atoms with Crippen LogP contribution in [0.4, 0.5) is 0 Å². The van der Waals surface area contributed by atoms with E-state index in [9.17, 15) is 4.79 Å². The maximum absolute atomic E-state index is 12.5. The lowest BCUT2D eigenvalue weighted by molar-refractivity contribution is -0.125. The Hall–Kier alpha value is -1.82. The highest BCUT2D eigenvalue weighted by Gasteiger charge is 2.22. The molecule has 0 aromatic carbocycles. The van der Waals surface area contributed by atoms with Gasteiger partial charge in [0.15, 0.2) is 0 Å². The second-order valence-electron chi connectivity index (χ2n) is 5.32. The molecule has 1 amide bonds. The van der Waals surface area contributed by atoms with Crippen molar-refractivity contribution in [1.82, 2.24) is 24.9 Å². The average molecular weight is 324 g/mol. The minimum Gasteiger partial charge on any atom is -0.348 e. The first-order chi connectivity index (χ1) is 10.5. The van der Waals surface area contributed by atoms with E-state index in [1.54, 1.807) is 10.9 Å². The summed E-state index contributed by atoms with van der Waals surface area (Å²) in [5.41, 5.74) is 1.97. The number of hydrogen-bond donors (Lipinski definition) is 1. The van der Waals surface area contributed by atoms with E-state index < -0.39 is 0 Å². The quantitative estimate of drug-likeness (QED) is 0.889. The van der Waals surface area contributed by atoms with Crippen LogP contribution in [0.15, 0.2) is 18.6 Å². The highest BCUT2D eigenvalue weighted by atomic mass is 35.5. The van der Waals surface area contributed by atoms with Crippen molar-refractivity contribution in [2.75, 3.05) is 0 Å². The molecule has 6 nitrogen and oxygen atoms in total. The van der Waals surface area contributed by atoms with Gasteiger partial charge >= 0.3 is 0 Å². The molecule has 0 aliphatic heterocycles. The van der Waals surface area contributed by atoms with E-state index in [-0.39, 0.29) is 18.0 Å². The van der Waals surface area contributed by atoms with E-state index in [1.807, 2.05) is 38.6 Å². The molecule has 2 atom stereocenters. The number of nitrogens with one attached hydrogen (secondary N) is 1. The Morgan fingerprint density at radius 2 is 2.14 bits per heavy atom. The molecule has 0 aliphatic rings. The Labute approximate surface area is 135 Å². The third-order valence-corrected chi connectivity index (χ3v) is 3.91. The van der Waals surface area contributed by atoms with Crippen LogP contribution in [0.5, 0.6) is 0 Å². The summed E-state index contributed by atoms with van der Waals surface area (Å²) in [7, 11) is 0. The monoisotopic (exact) mass is 323 g/mol. The van der Waals surface area contributed by atoms with Gasteiger partial charge in [-0.1, -0.05) is 18.5 Å². The number of halogens is 1. The minimum atomic E-state index is -0.364. The van der Waals surface area contributed by atoms with E-state index in [2.05, 4.69) is 15.5 Å². The molecule has 2 heterocycles. The summed E-state index contributed by atoms with van der Waals surface area (Å²) < 4.78 is 3.48. The van der Waals surface area contributed by atoms with Gasteiger partial charge in [-0.15, -0.1) is 0 Å². The van der Waals surface area contributed by atoms with Crippen LogP contribution in [0.1, 0.15) is 50.5 Å². The molecule has 0 saturated carbocycles. The largest absolute Gasteiger partial charge is 0.348 e. The van der Waals surface area contributed by atoms with E-state index in [1.165, 1.54) is 6.20 Å². The second kappa shape index (κ2) is 6.96. The van der Waals surface area contributed by atoms with E-state index >= 15 is 0 Å². The Bertz CT molecular complexity index is 648. The molecule has 0 radical (unpaired) electrons. The molecule has 0 spiro atoms. The summed E-state index contributed by atoms with van der Waals surface area (Å²) in [6.07, 6.45) is 5.83. The third-order valence-electron chi connectivity index (χ3n) is 3.71. The van der Waals surface area contributed by atoms with Crippen LogP contribution < -0.4 is 5.32 Å². The number of carbonyl (C=O) groups is 1. The lowest BCUT2D eigenvalue weighted by Crippen LogP contribution is -2.34. The molecular weight excluding hydrogens is 302 g/mol. The first-order valence-corrected chi connectivity index (χ1v) is 7.88. The van der Waals surface area contributed by atoms with Crippen LogP contribution in [-0.4, -0.2) is 25.5 Å². The van der Waals surface area contributed by atoms with Crippen LogP contribution >= 0.6 is 11.6 Å². The molecule has 120 valence electrons. The Kier molecular flexibility index (Phi) is 5.24. The van der Waals surface area contributed by atoms with E-state index in [0.717, 1.165) is 17.8 Å². The van der Waals surface area contributed by atoms with Crippen LogP contribution in [-0.2, 0) is 11.3 Å². The van der Waals surface area contributed by atoms with Crippen LogP contribution in [0.2, 0.25) is 5.02 Å². The highest BCUT2D eigenvalue weighted by molar-refractivity contribution is 6.30. The number of amides is 1. The van der Waals surface area contributed by atoms with Gasteiger partial charge in [-0.2, -0.15) is 10.2 Å². The molecule has 1 N–H and O–H groups in total. The summed E-state index contributed by atoms with van der Waals surface area (Å²) in [6.45, 7) is 8.71. The number of hydrogen-bond acceptors (Lipinski definition) is 3. The Balaban J connectivity index is 2.10. The fourth-order valence-electron chi connectivity index (χ4n) is 2.49. The molecule has 0 bridgehead atoms. The zero-order valence-electron chi connectivity index (χ0n) is 13.4. The first-order valence-electron chi connectivity index (χ1n) is 7.50. The van der Waals surface area contributed by atoms with Crippen molar-refractivity contribution in [3.63, 3.8) is 0 Å². The van der Waals surface area contributed by atoms with Crippen LogP contribution in [0.25, 0.3) is 0 Å². The van der Waals surface area contributed by atoms with Gasteiger partial charge in [0.25, 0.3) is 0 Å². The predicted octanol–water partition coefficient (Wildman–Crippen LogP) is 2.89. The standard InChI is InChI=1S/C15H22ClN5O/c1-5-14(21-8-12(16)7-17-21)15(22)18-10(3)13-9-20(6-2)19-11(13)4/h7-10,14H,5-6H2,1-4H3,(H,18,22). The maximum atomic E-state index is 12.5. The average Bonchev–Trinajstić information content (AvgIpc) is 3.05. The summed E-state index contributed by atoms with van der Waals surface area (Å²) in [6, 6.07) is -0.468. The minimum absolute atomic E-state index is 0.0709. The SMILES string of the molecule is CCC(C(=O)NC(C)c1cn(CC)nc1C)n1cc(Cl)cn1. The summed E-state index contributed by atoms with van der Waals surface area (Å²) in [5.74, 6) is -0.0709. The normalized spacial score (nSPS) is 13.9. The van der Waals surface area contributed by atoms with Gasteiger partial charge in [0.05, 0.1) is 23.0 Å². The molecule has 2 aromatic heterocycles. The lowest BCUT2D eigenvalue weighted by Gasteiger charge is -2.19. The summed E-state index contributed by atoms with van der Waals surface area (Å²) in [4.78, 5) is 12.5. The first kappa shape index (κ1) is 16.5. The molecule has 0 fully saturated rings. The van der Waals surface area contributed by atoms with Crippen molar-refractivity contribution < 1.29 is 4.79 Å². The van der Waals surface area contributed by atoms with E-state index in [4.69, 9.17) is 11.6 Å². The van der Waals surface area contributed by atoms with Gasteiger partial charge in [0.1, 0.15) is 6.04 Å². The summed E-state index contributed by atoms with van der Waals surface area (Å²) >= 11 is 5.88. The van der Waals surface area contributed by atoms with Crippen molar-refractivity contribution in [3.05, 3.63) is 34.9 Å². The van der Waals surface area contributed by atoms with E-state index in [0.29, 0.717) is 11.4 Å². The van der Waals surface area contributed by atoms with Gasteiger partial charge in [0.2, 0.25) is 5.91 Å². The molecular formula is C15H22ClN5O. The summed E-state index contributed by atoms with van der Waals surface area (Å²) in [5, 5.41) is 12.1. The fourth-order valence-corrected chi connectivity index (χ4v) is 2.63. The molecule has 22 heavy (non-hydrogen) atoms. The molecule has 2 aromatic rings. The van der Waals surface area contributed by atoms with Gasteiger partial charge in [-0.25, -0.2) is 0 Å². The highest BCUT2D eigenvalue weighted by Crippen LogP contribution is 2.19. The number of nitrogens with zero attached hydrogens (tertiary/aromatic N) is 4. The van der Waals surface area contributed by atoms with Gasteiger partial charge in [-0.3, -0.25) is 14.2 Å². The zero-order chi connectivity index (χ0) is 16.3. The van der Waals surface area contributed by atoms with Crippen molar-refractivity contribution in [1.29, 1.82) is 0 Å². The van der Waals surface area contributed by atoms with Crippen LogP contribution in [0.3, 0.4) is 0 Å². The maximum Gasteiger partial charge on any atom is 0.245 e. The van der Waals surface area contributed by atoms with Crippen molar-refractivity contribution >= 4 is 17.5 Å².